The van der Waals surface area contributed by atoms with Gasteiger partial charge in [0.05, 0.1) is 6.61 Å². The fourth-order valence-corrected chi connectivity index (χ4v) is 3.18. The first-order valence-electron chi connectivity index (χ1n) is 5.94. The second-order valence-corrected chi connectivity index (χ2v) is 6.65. The number of carbonyl (C=O) groups excluding carboxylic acids is 1. The lowest BCUT2D eigenvalue weighted by Crippen LogP contribution is -2.44. The third kappa shape index (κ3) is 3.39. The Kier molecular flexibility index (Phi) is 4.73. The highest BCUT2D eigenvalue weighted by atomic mass is 79.9. The number of hydrogen-bond acceptors (Lipinski definition) is 2. The predicted octanol–water partition coefficient (Wildman–Crippen LogP) is 3.93. The van der Waals surface area contributed by atoms with Crippen LogP contribution in [0.4, 0.5) is 13.2 Å². The molecule has 0 aliphatic heterocycles. The maximum Gasteiger partial charge on any atom is 0.490 e. The second-order valence-electron chi connectivity index (χ2n) is 5.55. The van der Waals surface area contributed by atoms with Crippen LogP contribution in [0.15, 0.2) is 0 Å². The Balaban J connectivity index is 2.67. The van der Waals surface area contributed by atoms with E-state index in [0.29, 0.717) is 0 Å². The van der Waals surface area contributed by atoms with Crippen LogP contribution >= 0.6 is 15.9 Å². The molecule has 3 atom stereocenters. The molecule has 0 aromatic rings. The highest BCUT2D eigenvalue weighted by Gasteiger charge is 2.46. The lowest BCUT2D eigenvalue weighted by atomic mass is 9.64. The number of halogens is 4. The second kappa shape index (κ2) is 5.39. The van der Waals surface area contributed by atoms with E-state index in [-0.39, 0.29) is 28.7 Å². The molecule has 1 aliphatic rings. The van der Waals surface area contributed by atoms with Gasteiger partial charge in [0.1, 0.15) is 0 Å². The zero-order chi connectivity index (χ0) is 14.1. The summed E-state index contributed by atoms with van der Waals surface area (Å²) in [6.07, 6.45) is -3.00. The van der Waals surface area contributed by atoms with Gasteiger partial charge in [-0.2, -0.15) is 13.2 Å². The highest BCUT2D eigenvalue weighted by Crippen LogP contribution is 2.47. The number of ether oxygens (including phenoxy) is 1. The first kappa shape index (κ1) is 15.8. The summed E-state index contributed by atoms with van der Waals surface area (Å²) in [6.45, 7) is 5.81. The Morgan fingerprint density at radius 3 is 2.44 bits per heavy atom. The van der Waals surface area contributed by atoms with Gasteiger partial charge in [-0.15, -0.1) is 0 Å². The first-order valence-corrected chi connectivity index (χ1v) is 6.86. The van der Waals surface area contributed by atoms with Gasteiger partial charge in [0, 0.05) is 10.7 Å². The topological polar surface area (TPSA) is 26.3 Å². The average molecular weight is 331 g/mol. The maximum atomic E-state index is 12.1. The van der Waals surface area contributed by atoms with Crippen molar-refractivity contribution in [1.82, 2.24) is 0 Å². The molecule has 6 heteroatoms. The van der Waals surface area contributed by atoms with Gasteiger partial charge < -0.3 is 4.74 Å². The van der Waals surface area contributed by atoms with Crippen LogP contribution in [0.5, 0.6) is 0 Å². The molecule has 1 fully saturated rings. The third-order valence-corrected chi connectivity index (χ3v) is 5.59. The highest BCUT2D eigenvalue weighted by molar-refractivity contribution is 9.09. The normalized spacial score (nSPS) is 32.1. The molecule has 0 N–H and O–H groups in total. The summed E-state index contributed by atoms with van der Waals surface area (Å²) >= 11 is 3.56. The van der Waals surface area contributed by atoms with Crippen molar-refractivity contribution in [3.05, 3.63) is 0 Å². The van der Waals surface area contributed by atoms with Gasteiger partial charge >= 0.3 is 12.1 Å². The van der Waals surface area contributed by atoms with Crippen LogP contribution < -0.4 is 0 Å². The van der Waals surface area contributed by atoms with Gasteiger partial charge in [0.15, 0.2) is 0 Å². The summed E-state index contributed by atoms with van der Waals surface area (Å²) in [5, 5.41) is 0. The van der Waals surface area contributed by atoms with Crippen LogP contribution in [0.3, 0.4) is 0 Å². The van der Waals surface area contributed by atoms with Crippen LogP contribution in [0, 0.1) is 17.3 Å². The van der Waals surface area contributed by atoms with Crippen LogP contribution in [0.2, 0.25) is 0 Å². The molecular formula is C12H18BrF3O2. The van der Waals surface area contributed by atoms with E-state index in [1.54, 1.807) is 0 Å². The zero-order valence-corrected chi connectivity index (χ0v) is 12.3. The molecule has 2 nitrogen and oxygen atoms in total. The molecule has 1 rings (SSSR count). The van der Waals surface area contributed by atoms with Crippen LogP contribution in [0.1, 0.15) is 33.6 Å². The van der Waals surface area contributed by atoms with E-state index in [1.807, 2.05) is 20.8 Å². The summed E-state index contributed by atoms with van der Waals surface area (Å²) in [6, 6.07) is 0. The summed E-state index contributed by atoms with van der Waals surface area (Å²) < 4.78 is 40.7. The molecule has 0 radical (unpaired) electrons. The van der Waals surface area contributed by atoms with Crippen LogP contribution in [-0.4, -0.2) is 23.6 Å². The van der Waals surface area contributed by atoms with Crippen molar-refractivity contribution in [2.24, 2.45) is 17.3 Å². The number of alkyl halides is 4. The molecule has 18 heavy (non-hydrogen) atoms. The minimum Gasteiger partial charge on any atom is -0.459 e. The summed E-state index contributed by atoms with van der Waals surface area (Å²) in [5.74, 6) is -1.92. The van der Waals surface area contributed by atoms with E-state index in [9.17, 15) is 18.0 Å². The summed E-state index contributed by atoms with van der Waals surface area (Å²) in [7, 11) is 0. The van der Waals surface area contributed by atoms with Gasteiger partial charge in [-0.25, -0.2) is 4.79 Å². The molecule has 0 spiro atoms. The molecule has 106 valence electrons. The summed E-state index contributed by atoms with van der Waals surface area (Å²) in [5.41, 5.74) is -0.191. The largest absolute Gasteiger partial charge is 0.490 e. The zero-order valence-electron chi connectivity index (χ0n) is 10.7. The van der Waals surface area contributed by atoms with Crippen molar-refractivity contribution < 1.29 is 22.7 Å². The van der Waals surface area contributed by atoms with Gasteiger partial charge in [0.2, 0.25) is 0 Å². The van der Waals surface area contributed by atoms with Gasteiger partial charge in [0.25, 0.3) is 0 Å². The number of hydrogen-bond donors (Lipinski definition) is 0. The Hall–Kier alpha value is -0.260. The van der Waals surface area contributed by atoms with E-state index in [2.05, 4.69) is 20.7 Å². The fourth-order valence-electron chi connectivity index (χ4n) is 2.57. The standard InChI is InChI=1S/C12H18BrF3O2/c1-7-4-5-9(13)11(2,3)8(7)6-18-10(17)12(14,15)16/h7-9H,4-6H2,1-3H3/t7?,8-,9+/m1/s1. The maximum absolute atomic E-state index is 12.1. The van der Waals surface area contributed by atoms with Crippen molar-refractivity contribution in [2.45, 2.75) is 44.6 Å². The van der Waals surface area contributed by atoms with Gasteiger partial charge in [-0.3, -0.25) is 0 Å². The van der Waals surface area contributed by atoms with E-state index < -0.39 is 12.1 Å². The molecule has 0 saturated heterocycles. The van der Waals surface area contributed by atoms with Crippen molar-refractivity contribution >= 4 is 21.9 Å². The van der Waals surface area contributed by atoms with Crippen molar-refractivity contribution in [3.8, 4) is 0 Å². The van der Waals surface area contributed by atoms with Gasteiger partial charge in [-0.1, -0.05) is 36.7 Å². The monoisotopic (exact) mass is 330 g/mol. The third-order valence-electron chi connectivity index (χ3n) is 3.95. The number of carbonyl (C=O) groups is 1. The Labute approximate surface area is 113 Å². The fraction of sp³-hybridized carbons (Fsp3) is 0.917. The van der Waals surface area contributed by atoms with Gasteiger partial charge in [-0.05, 0) is 24.2 Å². The van der Waals surface area contributed by atoms with Crippen molar-refractivity contribution in [2.75, 3.05) is 6.61 Å². The van der Waals surface area contributed by atoms with Crippen LogP contribution in [-0.2, 0) is 9.53 Å². The average Bonchev–Trinajstić information content (AvgIpc) is 2.22. The first-order chi connectivity index (χ1) is 8.06. The lowest BCUT2D eigenvalue weighted by Gasteiger charge is -2.46. The molecule has 0 amide bonds. The SMILES string of the molecule is CC1CC[C@H](Br)C(C)(C)[C@@H]1COC(=O)C(F)(F)F. The minimum atomic E-state index is -4.91. The Morgan fingerprint density at radius 1 is 1.39 bits per heavy atom. The molecule has 0 heterocycles. The quantitative estimate of drug-likeness (QED) is 0.566. The molecule has 0 aromatic carbocycles. The molecule has 0 aromatic heterocycles. The molecule has 1 saturated carbocycles. The lowest BCUT2D eigenvalue weighted by molar-refractivity contribution is -0.202. The Bertz CT molecular complexity index is 315. The van der Waals surface area contributed by atoms with Crippen molar-refractivity contribution in [3.63, 3.8) is 0 Å². The van der Waals surface area contributed by atoms with Crippen molar-refractivity contribution in [1.29, 1.82) is 0 Å². The minimum absolute atomic E-state index is 0.0677. The predicted molar refractivity (Wildman–Crippen MR) is 65.4 cm³/mol. The van der Waals surface area contributed by atoms with E-state index in [0.717, 1.165) is 12.8 Å². The van der Waals surface area contributed by atoms with E-state index in [1.165, 1.54) is 0 Å². The van der Waals surface area contributed by atoms with Crippen LogP contribution in [0.25, 0.3) is 0 Å². The van der Waals surface area contributed by atoms with E-state index >= 15 is 0 Å². The molecule has 1 unspecified atom stereocenters. The molecule has 1 aliphatic carbocycles. The number of rotatable bonds is 2. The number of esters is 1. The smallest absolute Gasteiger partial charge is 0.459 e. The van der Waals surface area contributed by atoms with E-state index in [4.69, 9.17) is 0 Å². The summed E-state index contributed by atoms with van der Waals surface area (Å²) in [4.78, 5) is 11.0. The Morgan fingerprint density at radius 2 is 1.94 bits per heavy atom. The molecular weight excluding hydrogens is 313 g/mol. The molecule has 0 bridgehead atoms.